The minimum absolute atomic E-state index is 0.00544. The van der Waals surface area contributed by atoms with Gasteiger partial charge in [0.2, 0.25) is 0 Å². The second kappa shape index (κ2) is 8.01. The highest BCUT2D eigenvalue weighted by molar-refractivity contribution is 6.11. The summed E-state index contributed by atoms with van der Waals surface area (Å²) in [5.74, 6) is -2.77. The molecule has 2 aromatic carbocycles. The molecule has 1 aliphatic rings. The number of hydrogen-bond donors (Lipinski definition) is 4. The second-order valence-corrected chi connectivity index (χ2v) is 8.58. The van der Waals surface area contributed by atoms with E-state index in [2.05, 4.69) is 15.0 Å². The summed E-state index contributed by atoms with van der Waals surface area (Å²) in [6.45, 7) is -0.259. The fourth-order valence-electron chi connectivity index (χ4n) is 4.92. The van der Waals surface area contributed by atoms with Gasteiger partial charge >= 0.3 is 11.7 Å². The number of carbonyl (C=O) groups is 1. The molecule has 5 aromatic rings. The molecule has 0 saturated carbocycles. The molecule has 0 bridgehead atoms. The zero-order valence-corrected chi connectivity index (χ0v) is 18.8. The van der Waals surface area contributed by atoms with E-state index in [4.69, 9.17) is 4.74 Å². The predicted molar refractivity (Wildman–Crippen MR) is 128 cm³/mol. The third-order valence-electron chi connectivity index (χ3n) is 6.48. The molecule has 37 heavy (non-hydrogen) atoms. The van der Waals surface area contributed by atoms with Crippen LogP contribution in [0.5, 0.6) is 5.75 Å². The van der Waals surface area contributed by atoms with E-state index in [9.17, 15) is 24.3 Å². The Bertz CT molecular complexity index is 1970. The van der Waals surface area contributed by atoms with Crippen LogP contribution in [0, 0.1) is 11.6 Å². The van der Waals surface area contributed by atoms with Crippen molar-refractivity contribution in [2.24, 2.45) is 0 Å². The van der Waals surface area contributed by atoms with Crippen LogP contribution < -0.4 is 21.5 Å². The quantitative estimate of drug-likeness (QED) is 0.294. The van der Waals surface area contributed by atoms with E-state index >= 15 is 8.78 Å². The molecular weight excluding hydrogens is 490 g/mol. The largest absolute Gasteiger partial charge is 0.492 e. The van der Waals surface area contributed by atoms with Crippen molar-refractivity contribution in [3.63, 3.8) is 0 Å². The molecule has 4 N–H and O–H groups in total. The molecule has 0 fully saturated rings. The number of aromatic carboxylic acids is 1. The van der Waals surface area contributed by atoms with Crippen molar-refractivity contribution in [3.05, 3.63) is 96.2 Å². The minimum Gasteiger partial charge on any atom is -0.492 e. The SMILES string of the molecule is O=C(O)c1c(-c2ccc[nH]c2=O)c2c3c(c(F)cc2n1Cc1cc2c(=O)[nH]c(=O)[nH]c2cc1F)CCO3. The minimum atomic E-state index is -1.44. The van der Waals surface area contributed by atoms with Crippen LogP contribution in [0.1, 0.15) is 21.6 Å². The van der Waals surface area contributed by atoms with Gasteiger partial charge in [0, 0.05) is 29.3 Å². The fourth-order valence-corrected chi connectivity index (χ4v) is 4.92. The number of H-pyrrole nitrogens is 3. The molecule has 10 nitrogen and oxygen atoms in total. The number of rotatable bonds is 4. The summed E-state index contributed by atoms with van der Waals surface area (Å²) in [4.78, 5) is 56.1. The van der Waals surface area contributed by atoms with E-state index < -0.39 is 41.0 Å². The van der Waals surface area contributed by atoms with Gasteiger partial charge in [-0.1, -0.05) is 0 Å². The van der Waals surface area contributed by atoms with Gasteiger partial charge in [0.05, 0.1) is 40.5 Å². The van der Waals surface area contributed by atoms with E-state index in [1.54, 1.807) is 0 Å². The van der Waals surface area contributed by atoms with Crippen LogP contribution in [0.4, 0.5) is 8.78 Å². The number of halogens is 2. The Balaban J connectivity index is 1.71. The van der Waals surface area contributed by atoms with Gasteiger partial charge in [-0.3, -0.25) is 14.6 Å². The third kappa shape index (κ3) is 3.37. The number of fused-ring (bicyclic) bond motifs is 4. The molecule has 12 heteroatoms. The summed E-state index contributed by atoms with van der Waals surface area (Å²) < 4.78 is 37.1. The maximum atomic E-state index is 15.1. The summed E-state index contributed by atoms with van der Waals surface area (Å²) in [5, 5.41) is 10.4. The summed E-state index contributed by atoms with van der Waals surface area (Å²) in [6.07, 6.45) is 1.65. The first-order chi connectivity index (χ1) is 17.7. The van der Waals surface area contributed by atoms with Crippen LogP contribution in [0.2, 0.25) is 0 Å². The van der Waals surface area contributed by atoms with E-state index in [-0.39, 0.29) is 68.5 Å². The second-order valence-electron chi connectivity index (χ2n) is 8.58. The fraction of sp³-hybridized carbons (Fsp3) is 0.120. The van der Waals surface area contributed by atoms with Crippen molar-refractivity contribution in [1.29, 1.82) is 0 Å². The zero-order valence-electron chi connectivity index (χ0n) is 18.8. The highest BCUT2D eigenvalue weighted by Gasteiger charge is 2.32. The first-order valence-electron chi connectivity index (χ1n) is 11.1. The lowest BCUT2D eigenvalue weighted by Crippen LogP contribution is -2.22. The van der Waals surface area contributed by atoms with E-state index in [1.165, 1.54) is 29.0 Å². The number of carboxylic acid groups (broad SMARTS) is 1. The molecule has 1 aliphatic heterocycles. The lowest BCUT2D eigenvalue weighted by atomic mass is 10.00. The van der Waals surface area contributed by atoms with Crippen LogP contribution in [0.3, 0.4) is 0 Å². The van der Waals surface area contributed by atoms with E-state index in [0.717, 1.165) is 12.1 Å². The average Bonchev–Trinajstić information content (AvgIpc) is 3.44. The number of hydrogen-bond acceptors (Lipinski definition) is 5. The van der Waals surface area contributed by atoms with Crippen molar-refractivity contribution in [2.45, 2.75) is 13.0 Å². The number of aromatic nitrogens is 4. The maximum Gasteiger partial charge on any atom is 0.353 e. The van der Waals surface area contributed by atoms with Crippen LogP contribution in [0.15, 0.2) is 50.9 Å². The molecule has 0 aliphatic carbocycles. The number of ether oxygens (including phenoxy) is 1. The topological polar surface area (TPSA) is 150 Å². The van der Waals surface area contributed by atoms with Gasteiger partial charge < -0.3 is 24.4 Å². The molecule has 0 unspecified atom stereocenters. The van der Waals surface area contributed by atoms with E-state index in [0.29, 0.717) is 0 Å². The maximum absolute atomic E-state index is 15.1. The van der Waals surface area contributed by atoms with Crippen LogP contribution >= 0.6 is 0 Å². The summed E-state index contributed by atoms with van der Waals surface area (Å²) in [5.41, 5.74) is -2.32. The number of carboxylic acids is 1. The number of nitrogens with zero attached hydrogens (tertiary/aromatic N) is 1. The summed E-state index contributed by atoms with van der Waals surface area (Å²) >= 11 is 0. The van der Waals surface area contributed by atoms with Gasteiger partial charge in [0.1, 0.15) is 23.1 Å². The zero-order chi connectivity index (χ0) is 26.0. The van der Waals surface area contributed by atoms with Gasteiger partial charge in [-0.05, 0) is 30.3 Å². The Morgan fingerprint density at radius 3 is 2.65 bits per heavy atom. The first kappa shape index (κ1) is 22.5. The molecule has 0 amide bonds. The Kier molecular flexibility index (Phi) is 4.87. The Labute approximate surface area is 203 Å². The van der Waals surface area contributed by atoms with Crippen molar-refractivity contribution >= 4 is 27.8 Å². The van der Waals surface area contributed by atoms with Crippen molar-refractivity contribution < 1.29 is 23.4 Å². The molecular formula is C25H16F2N4O6. The van der Waals surface area contributed by atoms with E-state index in [1.807, 2.05) is 0 Å². The Morgan fingerprint density at radius 2 is 1.89 bits per heavy atom. The smallest absolute Gasteiger partial charge is 0.353 e. The lowest BCUT2D eigenvalue weighted by Gasteiger charge is -2.11. The summed E-state index contributed by atoms with van der Waals surface area (Å²) in [7, 11) is 0. The summed E-state index contributed by atoms with van der Waals surface area (Å²) in [6, 6.07) is 6.23. The molecule has 0 radical (unpaired) electrons. The third-order valence-corrected chi connectivity index (χ3v) is 6.48. The molecule has 6 rings (SSSR count). The Morgan fingerprint density at radius 1 is 1.08 bits per heavy atom. The van der Waals surface area contributed by atoms with Gasteiger partial charge in [-0.15, -0.1) is 0 Å². The standard InChI is InChI=1S/C25H16F2N4O6/c26-14-7-16-13(23(33)30-25(36)29-16)6-10(14)9-31-17-8-15(27)11-3-5-37-21(11)19(17)18(20(31)24(34)35)12-2-1-4-28-22(12)32/h1-2,4,6-8H,3,5,9H2,(H,28,32)(H,34,35)(H2,29,30,33,36). The van der Waals surface area contributed by atoms with Crippen molar-refractivity contribution in [3.8, 4) is 16.9 Å². The lowest BCUT2D eigenvalue weighted by molar-refractivity contribution is 0.0687. The van der Waals surface area contributed by atoms with Crippen LogP contribution in [-0.4, -0.2) is 37.2 Å². The first-order valence-corrected chi connectivity index (χ1v) is 11.1. The van der Waals surface area contributed by atoms with Gasteiger partial charge in [0.15, 0.2) is 0 Å². The van der Waals surface area contributed by atoms with Gasteiger partial charge in [-0.25, -0.2) is 18.4 Å². The van der Waals surface area contributed by atoms with Crippen molar-refractivity contribution in [2.75, 3.05) is 6.61 Å². The molecule has 0 spiro atoms. The number of nitrogens with one attached hydrogen (secondary N) is 3. The van der Waals surface area contributed by atoms with Gasteiger partial charge in [-0.2, -0.15) is 0 Å². The number of pyridine rings is 1. The monoisotopic (exact) mass is 506 g/mol. The molecule has 0 saturated heterocycles. The van der Waals surface area contributed by atoms with Gasteiger partial charge in [0.25, 0.3) is 11.1 Å². The average molecular weight is 506 g/mol. The normalized spacial score (nSPS) is 12.7. The molecule has 3 aromatic heterocycles. The van der Waals surface area contributed by atoms with Crippen LogP contribution in [0.25, 0.3) is 32.9 Å². The number of aromatic amines is 3. The highest BCUT2D eigenvalue weighted by Crippen LogP contribution is 2.44. The molecule has 4 heterocycles. The predicted octanol–water partition coefficient (Wildman–Crippen LogP) is 2.49. The molecule has 0 atom stereocenters. The van der Waals surface area contributed by atoms with Crippen LogP contribution in [-0.2, 0) is 13.0 Å². The van der Waals surface area contributed by atoms with Crippen molar-refractivity contribution in [1.82, 2.24) is 19.5 Å². The highest BCUT2D eigenvalue weighted by atomic mass is 19.1. The molecule has 186 valence electrons. The number of benzene rings is 2. The Hall–Kier alpha value is -5.00.